The van der Waals surface area contributed by atoms with Gasteiger partial charge < -0.3 is 15.4 Å². The zero-order valence-corrected chi connectivity index (χ0v) is 21.7. The summed E-state index contributed by atoms with van der Waals surface area (Å²) in [6, 6.07) is 4.26. The minimum atomic E-state index is -1.12. The van der Waals surface area contributed by atoms with Crippen LogP contribution in [0.1, 0.15) is 42.3 Å². The molecule has 1 saturated heterocycles. The average molecular weight is 526 g/mol. The number of benzene rings is 1. The highest BCUT2D eigenvalue weighted by Crippen LogP contribution is 2.33. The zero-order valence-electron chi connectivity index (χ0n) is 20.8. The van der Waals surface area contributed by atoms with Gasteiger partial charge in [-0.2, -0.15) is 0 Å². The van der Waals surface area contributed by atoms with Gasteiger partial charge in [0.15, 0.2) is 11.0 Å². The van der Waals surface area contributed by atoms with Gasteiger partial charge in [-0.15, -0.1) is 0 Å². The first kappa shape index (κ1) is 26.8. The van der Waals surface area contributed by atoms with Crippen LogP contribution in [0.25, 0.3) is 11.9 Å². The van der Waals surface area contributed by atoms with E-state index in [0.717, 1.165) is 24.6 Å². The summed E-state index contributed by atoms with van der Waals surface area (Å²) in [5.41, 5.74) is 7.20. The predicted molar refractivity (Wildman–Crippen MR) is 142 cm³/mol. The molecule has 2 aliphatic rings. The first-order valence-electron chi connectivity index (χ1n) is 12.1. The van der Waals surface area contributed by atoms with Crippen molar-refractivity contribution in [3.63, 3.8) is 0 Å². The Kier molecular flexibility index (Phi) is 8.56. The molecule has 0 bridgehead atoms. The maximum atomic E-state index is 15.0. The lowest BCUT2D eigenvalue weighted by Gasteiger charge is -2.36. The number of nitrogens with two attached hydrogens (primary N) is 1. The lowest BCUT2D eigenvalue weighted by atomic mass is 9.96. The molecule has 194 valence electrons. The molecule has 2 heterocycles. The highest BCUT2D eigenvalue weighted by Gasteiger charge is 2.40. The second kappa shape index (κ2) is 11.8. The monoisotopic (exact) mass is 525 g/mol. The lowest BCUT2D eigenvalue weighted by molar-refractivity contribution is -0.137. The Morgan fingerprint density at radius 1 is 1.32 bits per heavy atom. The van der Waals surface area contributed by atoms with Gasteiger partial charge in [-0.1, -0.05) is 23.7 Å². The van der Waals surface area contributed by atoms with Gasteiger partial charge in [-0.3, -0.25) is 9.79 Å². The Morgan fingerprint density at radius 2 is 2.08 bits per heavy atom. The van der Waals surface area contributed by atoms with Crippen molar-refractivity contribution in [1.82, 2.24) is 14.9 Å². The van der Waals surface area contributed by atoms with Crippen LogP contribution in [-0.2, 0) is 16.0 Å². The van der Waals surface area contributed by atoms with Gasteiger partial charge in [0.05, 0.1) is 25.6 Å². The number of thioether (sulfide) groups is 1. The number of carbonyl (C=O) groups excluding carboxylic acids is 1. The smallest absolute Gasteiger partial charge is 0.239 e. The summed E-state index contributed by atoms with van der Waals surface area (Å²) in [5, 5.41) is 0.218. The molecule has 1 amide bonds. The van der Waals surface area contributed by atoms with Gasteiger partial charge in [0.25, 0.3) is 0 Å². The number of aliphatic imine (C=N–C) groups is 1. The fraction of sp³-hybridized carbons (Fsp3) is 0.407. The van der Waals surface area contributed by atoms with Crippen LogP contribution in [0.15, 0.2) is 35.6 Å². The molecule has 0 spiro atoms. The molecule has 1 aromatic carbocycles. The third-order valence-corrected chi connectivity index (χ3v) is 7.23. The minimum Gasteiger partial charge on any atom is -0.379 e. The summed E-state index contributed by atoms with van der Waals surface area (Å²) in [4.78, 5) is 27.4. The van der Waals surface area contributed by atoms with E-state index in [0.29, 0.717) is 43.5 Å². The van der Waals surface area contributed by atoms with Crippen LogP contribution in [0.2, 0.25) is 0 Å². The topological polar surface area (TPSA) is 93.7 Å². The molecule has 2 N–H and O–H groups in total. The fourth-order valence-electron chi connectivity index (χ4n) is 3.86. The average Bonchev–Trinajstić information content (AvgIpc) is 3.74. The maximum Gasteiger partial charge on any atom is 0.239 e. The molecular weight excluding hydrogens is 496 g/mol. The standard InChI is InChI=1S/C27H29F2N5O2S/c1-27(37-26(30)31-2,25(35)34-9-11-36-12-10-34)15-20-13-19(6-8-22(20)28)14-23(29)24-17-32-21(16-33-24)7-5-18-3-4-18/h6,8,13-14,16-18H,3-4,9-12,15H2,1-2H3,(H2,30,31)/b23-14-/t27-/m1/s1. The van der Waals surface area contributed by atoms with Crippen molar-refractivity contribution in [3.05, 3.63) is 58.9 Å². The van der Waals surface area contributed by atoms with Crippen LogP contribution in [-0.4, -0.2) is 64.0 Å². The van der Waals surface area contributed by atoms with Gasteiger partial charge in [-0.25, -0.2) is 18.7 Å². The molecular formula is C27H29F2N5O2S. The summed E-state index contributed by atoms with van der Waals surface area (Å²) in [6.07, 6.45) is 6.28. The summed E-state index contributed by atoms with van der Waals surface area (Å²) < 4.78 is 34.1. The van der Waals surface area contributed by atoms with E-state index in [1.807, 2.05) is 0 Å². The summed E-state index contributed by atoms with van der Waals surface area (Å²) in [6.45, 7) is 3.49. The van der Waals surface area contributed by atoms with Crippen LogP contribution >= 0.6 is 11.8 Å². The Morgan fingerprint density at radius 3 is 2.73 bits per heavy atom. The second-order valence-electron chi connectivity index (χ2n) is 9.15. The number of ether oxygens (including phenoxy) is 1. The van der Waals surface area contributed by atoms with Gasteiger partial charge >= 0.3 is 0 Å². The van der Waals surface area contributed by atoms with Crippen LogP contribution in [0.3, 0.4) is 0 Å². The van der Waals surface area contributed by atoms with Crippen molar-refractivity contribution >= 4 is 34.7 Å². The Balaban J connectivity index is 1.56. The maximum absolute atomic E-state index is 15.0. The Hall–Kier alpha value is -3.29. The first-order valence-corrected chi connectivity index (χ1v) is 12.9. The molecule has 0 radical (unpaired) electrons. The van der Waals surface area contributed by atoms with Crippen molar-refractivity contribution < 1.29 is 18.3 Å². The third-order valence-electron chi connectivity index (χ3n) is 6.07. The third kappa shape index (κ3) is 7.14. The van der Waals surface area contributed by atoms with Crippen molar-refractivity contribution in [1.29, 1.82) is 0 Å². The molecule has 1 atom stereocenters. The summed E-state index contributed by atoms with van der Waals surface area (Å²) in [7, 11) is 1.53. The molecule has 1 aliphatic carbocycles. The van der Waals surface area contributed by atoms with Gasteiger partial charge in [0, 0.05) is 26.1 Å². The van der Waals surface area contributed by atoms with Crippen LogP contribution in [0, 0.1) is 23.6 Å². The molecule has 0 unspecified atom stereocenters. The molecule has 2 fully saturated rings. The van der Waals surface area contributed by atoms with Gasteiger partial charge in [0.1, 0.15) is 22.0 Å². The first-order chi connectivity index (χ1) is 17.8. The summed E-state index contributed by atoms with van der Waals surface area (Å²) in [5.74, 6) is 5.17. The van der Waals surface area contributed by atoms with Crippen LogP contribution in [0.5, 0.6) is 0 Å². The number of hydrogen-bond acceptors (Lipinski definition) is 6. The molecule has 1 aromatic heterocycles. The van der Waals surface area contributed by atoms with E-state index in [1.165, 1.54) is 43.7 Å². The second-order valence-corrected chi connectivity index (χ2v) is 10.7. The quantitative estimate of drug-likeness (QED) is 0.351. The van der Waals surface area contributed by atoms with E-state index in [1.54, 1.807) is 11.8 Å². The molecule has 1 aliphatic heterocycles. The normalized spacial score (nSPS) is 18.1. The van der Waals surface area contributed by atoms with Crippen molar-refractivity contribution in [3.8, 4) is 11.8 Å². The summed E-state index contributed by atoms with van der Waals surface area (Å²) >= 11 is 1.09. The number of halogens is 2. The number of hydrogen-bond donors (Lipinski definition) is 1. The number of amides is 1. The molecule has 2 aromatic rings. The molecule has 10 heteroatoms. The van der Waals surface area contributed by atoms with Crippen molar-refractivity contribution in [2.45, 2.75) is 30.9 Å². The predicted octanol–water partition coefficient (Wildman–Crippen LogP) is 3.68. The van der Waals surface area contributed by atoms with Gasteiger partial charge in [-0.05, 0) is 61.4 Å². The number of amidine groups is 1. The minimum absolute atomic E-state index is 0.0351. The number of rotatable bonds is 6. The highest BCUT2D eigenvalue weighted by atomic mass is 32.2. The van der Waals surface area contributed by atoms with E-state index < -0.39 is 16.4 Å². The SMILES string of the molecule is CN=C(N)S[C@](C)(Cc1cc(/C=C(\F)c2cnc(C#CC3CC3)cn2)ccc1F)C(=O)N1CCOCC1. The largest absolute Gasteiger partial charge is 0.379 e. The number of morpholine rings is 1. The fourth-order valence-corrected chi connectivity index (χ4v) is 4.85. The Bertz CT molecular complexity index is 1260. The highest BCUT2D eigenvalue weighted by molar-refractivity contribution is 8.15. The number of carbonyl (C=O) groups is 1. The van der Waals surface area contributed by atoms with E-state index in [9.17, 15) is 13.6 Å². The van der Waals surface area contributed by atoms with Crippen molar-refractivity contribution in [2.24, 2.45) is 16.6 Å². The van der Waals surface area contributed by atoms with Crippen LogP contribution < -0.4 is 5.73 Å². The molecule has 7 nitrogen and oxygen atoms in total. The van der Waals surface area contributed by atoms with E-state index in [-0.39, 0.29) is 28.8 Å². The Labute approximate surface area is 219 Å². The van der Waals surface area contributed by atoms with E-state index >= 15 is 0 Å². The van der Waals surface area contributed by atoms with Crippen molar-refractivity contribution in [2.75, 3.05) is 33.4 Å². The van der Waals surface area contributed by atoms with E-state index in [2.05, 4.69) is 26.8 Å². The zero-order chi connectivity index (χ0) is 26.4. The molecule has 4 rings (SSSR count). The van der Waals surface area contributed by atoms with Gasteiger partial charge in [0.2, 0.25) is 5.91 Å². The number of aromatic nitrogens is 2. The van der Waals surface area contributed by atoms with E-state index in [4.69, 9.17) is 10.5 Å². The number of nitrogens with zero attached hydrogens (tertiary/aromatic N) is 4. The lowest BCUT2D eigenvalue weighted by Crippen LogP contribution is -2.51. The molecule has 37 heavy (non-hydrogen) atoms. The molecule has 1 saturated carbocycles. The van der Waals surface area contributed by atoms with Crippen LogP contribution in [0.4, 0.5) is 8.78 Å².